The molecule has 0 aliphatic carbocycles. The number of thiazole rings is 1. The van der Waals surface area contributed by atoms with Crippen LogP contribution in [0.2, 0.25) is 0 Å². The van der Waals surface area contributed by atoms with Gasteiger partial charge in [-0.15, -0.1) is 11.3 Å². The zero-order valence-corrected chi connectivity index (χ0v) is 15.5. The molecular formula is C19H13FN4OS2. The molecule has 0 saturated heterocycles. The van der Waals surface area contributed by atoms with Crippen molar-refractivity contribution in [3.8, 4) is 11.5 Å². The van der Waals surface area contributed by atoms with E-state index in [0.29, 0.717) is 22.4 Å². The van der Waals surface area contributed by atoms with Crippen LogP contribution in [-0.2, 0) is 0 Å². The molecule has 3 aromatic heterocycles. The molecule has 27 heavy (non-hydrogen) atoms. The van der Waals surface area contributed by atoms with Gasteiger partial charge in [0, 0.05) is 34.9 Å². The smallest absolute Gasteiger partial charge is 0.188 e. The molecule has 0 unspecified atom stereocenters. The molecule has 0 radical (unpaired) electrons. The molecule has 5 nitrogen and oxygen atoms in total. The average molecular weight is 396 g/mol. The van der Waals surface area contributed by atoms with Crippen LogP contribution >= 0.6 is 23.1 Å². The lowest BCUT2D eigenvalue weighted by molar-refractivity contribution is 0.479. The molecule has 0 fully saturated rings. The minimum atomic E-state index is -0.318. The third-order valence-electron chi connectivity index (χ3n) is 3.39. The van der Waals surface area contributed by atoms with Crippen LogP contribution in [0, 0.1) is 5.82 Å². The third-order valence-corrected chi connectivity index (χ3v) is 4.99. The van der Waals surface area contributed by atoms with Crippen molar-refractivity contribution < 1.29 is 9.13 Å². The van der Waals surface area contributed by atoms with E-state index in [4.69, 9.17) is 4.74 Å². The summed E-state index contributed by atoms with van der Waals surface area (Å²) in [5.41, 5.74) is 0. The highest BCUT2D eigenvalue weighted by molar-refractivity contribution is 7.99. The Labute approximate surface area is 163 Å². The van der Waals surface area contributed by atoms with Crippen molar-refractivity contribution in [1.29, 1.82) is 0 Å². The molecule has 0 atom stereocenters. The first-order valence-electron chi connectivity index (χ1n) is 7.95. The summed E-state index contributed by atoms with van der Waals surface area (Å²) in [6, 6.07) is 13.4. The van der Waals surface area contributed by atoms with E-state index in [-0.39, 0.29) is 5.82 Å². The molecule has 4 aromatic rings. The van der Waals surface area contributed by atoms with Gasteiger partial charge in [-0.3, -0.25) is 0 Å². The lowest BCUT2D eigenvalue weighted by Crippen LogP contribution is -1.97. The highest BCUT2D eigenvalue weighted by Gasteiger charge is 2.11. The molecule has 3 heterocycles. The second-order valence-electron chi connectivity index (χ2n) is 5.31. The number of benzene rings is 1. The lowest BCUT2D eigenvalue weighted by Gasteiger charge is -2.12. The quantitative estimate of drug-likeness (QED) is 0.447. The first-order chi connectivity index (χ1) is 13.3. The van der Waals surface area contributed by atoms with E-state index >= 15 is 0 Å². The van der Waals surface area contributed by atoms with Crippen LogP contribution in [0.4, 0.5) is 15.3 Å². The number of pyridine rings is 2. The molecule has 4 rings (SSSR count). The average Bonchev–Trinajstić information content (AvgIpc) is 3.20. The van der Waals surface area contributed by atoms with E-state index < -0.39 is 0 Å². The number of halogens is 1. The summed E-state index contributed by atoms with van der Waals surface area (Å²) in [4.78, 5) is 13.9. The first kappa shape index (κ1) is 17.4. The van der Waals surface area contributed by atoms with Crippen molar-refractivity contribution in [2.75, 3.05) is 5.32 Å². The standard InChI is InChI=1S/C19H13FN4OS2/c20-13-4-6-14(7-5-13)25-16-11-15(27-17-3-1-2-8-21-17)12-23-18(16)24-19-22-9-10-26-19/h1-12H,(H,22,23,24). The van der Waals surface area contributed by atoms with E-state index in [9.17, 15) is 4.39 Å². The van der Waals surface area contributed by atoms with E-state index in [1.54, 1.807) is 30.7 Å². The Morgan fingerprint density at radius 1 is 1.00 bits per heavy atom. The van der Waals surface area contributed by atoms with Crippen molar-refractivity contribution in [2.24, 2.45) is 0 Å². The summed E-state index contributed by atoms with van der Waals surface area (Å²) < 4.78 is 19.1. The summed E-state index contributed by atoms with van der Waals surface area (Å²) in [6.07, 6.45) is 5.19. The monoisotopic (exact) mass is 396 g/mol. The fourth-order valence-electron chi connectivity index (χ4n) is 2.20. The van der Waals surface area contributed by atoms with Crippen molar-refractivity contribution in [2.45, 2.75) is 9.92 Å². The maximum Gasteiger partial charge on any atom is 0.188 e. The van der Waals surface area contributed by atoms with Gasteiger partial charge in [-0.2, -0.15) is 0 Å². The fourth-order valence-corrected chi connectivity index (χ4v) is 3.50. The Morgan fingerprint density at radius 3 is 2.63 bits per heavy atom. The number of anilines is 2. The predicted octanol–water partition coefficient (Wildman–Crippen LogP) is 5.76. The SMILES string of the molecule is Fc1ccc(Oc2cc(Sc3ccccn3)cnc2Nc2nccs2)cc1. The second kappa shape index (κ2) is 8.15. The highest BCUT2D eigenvalue weighted by atomic mass is 32.2. The summed E-state index contributed by atoms with van der Waals surface area (Å²) in [6.45, 7) is 0. The molecule has 0 aliphatic rings. The lowest BCUT2D eigenvalue weighted by atomic mass is 10.3. The minimum Gasteiger partial charge on any atom is -0.453 e. The maximum absolute atomic E-state index is 13.2. The number of nitrogens with one attached hydrogen (secondary N) is 1. The largest absolute Gasteiger partial charge is 0.453 e. The van der Waals surface area contributed by atoms with Gasteiger partial charge < -0.3 is 10.1 Å². The van der Waals surface area contributed by atoms with Crippen LogP contribution in [-0.4, -0.2) is 15.0 Å². The zero-order chi connectivity index (χ0) is 18.5. The summed E-state index contributed by atoms with van der Waals surface area (Å²) in [7, 11) is 0. The molecule has 1 aromatic carbocycles. The molecule has 0 aliphatic heterocycles. The first-order valence-corrected chi connectivity index (χ1v) is 9.65. The van der Waals surface area contributed by atoms with Gasteiger partial charge in [-0.25, -0.2) is 19.3 Å². The Balaban J connectivity index is 1.64. The fraction of sp³-hybridized carbons (Fsp3) is 0. The van der Waals surface area contributed by atoms with Gasteiger partial charge in [0.15, 0.2) is 16.7 Å². The van der Waals surface area contributed by atoms with Crippen molar-refractivity contribution in [3.63, 3.8) is 0 Å². The van der Waals surface area contributed by atoms with Gasteiger partial charge >= 0.3 is 0 Å². The molecular weight excluding hydrogens is 383 g/mol. The minimum absolute atomic E-state index is 0.318. The third kappa shape index (κ3) is 4.60. The van der Waals surface area contributed by atoms with Crippen LogP contribution in [0.5, 0.6) is 11.5 Å². The summed E-state index contributed by atoms with van der Waals surface area (Å²) in [5, 5.41) is 6.58. The predicted molar refractivity (Wildman–Crippen MR) is 104 cm³/mol. The molecule has 8 heteroatoms. The number of nitrogens with zero attached hydrogens (tertiary/aromatic N) is 3. The van der Waals surface area contributed by atoms with Gasteiger partial charge in [0.1, 0.15) is 16.6 Å². The molecule has 0 amide bonds. The molecule has 0 saturated carbocycles. The van der Waals surface area contributed by atoms with Gasteiger partial charge in [0.25, 0.3) is 0 Å². The summed E-state index contributed by atoms with van der Waals surface area (Å²) in [5.74, 6) is 1.24. The molecule has 134 valence electrons. The van der Waals surface area contributed by atoms with Gasteiger partial charge in [0.05, 0.1) is 0 Å². The highest BCUT2D eigenvalue weighted by Crippen LogP contribution is 2.35. The number of rotatable bonds is 6. The number of hydrogen-bond donors (Lipinski definition) is 1. The van der Waals surface area contributed by atoms with Crippen LogP contribution in [0.1, 0.15) is 0 Å². The van der Waals surface area contributed by atoms with Crippen LogP contribution in [0.25, 0.3) is 0 Å². The van der Waals surface area contributed by atoms with Crippen molar-refractivity contribution in [3.05, 3.63) is 78.3 Å². The molecule has 0 spiro atoms. The number of aromatic nitrogens is 3. The molecule has 1 N–H and O–H groups in total. The van der Waals surface area contributed by atoms with E-state index in [1.165, 1.54) is 35.2 Å². The Morgan fingerprint density at radius 2 is 1.89 bits per heavy atom. The van der Waals surface area contributed by atoms with Crippen molar-refractivity contribution in [1.82, 2.24) is 15.0 Å². The van der Waals surface area contributed by atoms with Gasteiger partial charge in [0.2, 0.25) is 0 Å². The Hall–Kier alpha value is -2.97. The number of hydrogen-bond acceptors (Lipinski definition) is 7. The van der Waals surface area contributed by atoms with E-state index in [1.807, 2.05) is 29.6 Å². The van der Waals surface area contributed by atoms with Crippen LogP contribution in [0.3, 0.4) is 0 Å². The molecule has 0 bridgehead atoms. The maximum atomic E-state index is 13.2. The van der Waals surface area contributed by atoms with Gasteiger partial charge in [-0.05, 0) is 36.4 Å². The normalized spacial score (nSPS) is 10.6. The zero-order valence-electron chi connectivity index (χ0n) is 13.9. The van der Waals surface area contributed by atoms with Crippen molar-refractivity contribution >= 4 is 34.0 Å². The topological polar surface area (TPSA) is 59.9 Å². The second-order valence-corrected chi connectivity index (χ2v) is 7.29. The summed E-state index contributed by atoms with van der Waals surface area (Å²) >= 11 is 2.94. The van der Waals surface area contributed by atoms with Gasteiger partial charge in [-0.1, -0.05) is 17.8 Å². The van der Waals surface area contributed by atoms with Crippen LogP contribution in [0.15, 0.2) is 82.4 Å². The van der Waals surface area contributed by atoms with Crippen LogP contribution < -0.4 is 10.1 Å². The Bertz CT molecular complexity index is 1010. The number of ether oxygens (including phenoxy) is 1. The Kier molecular flexibility index (Phi) is 5.27. The van der Waals surface area contributed by atoms with E-state index in [0.717, 1.165) is 9.92 Å². The van der Waals surface area contributed by atoms with E-state index in [2.05, 4.69) is 20.3 Å².